The lowest BCUT2D eigenvalue weighted by Gasteiger charge is -2.23. The van der Waals surface area contributed by atoms with Crippen LogP contribution in [0.1, 0.15) is 48.1 Å². The summed E-state index contributed by atoms with van der Waals surface area (Å²) >= 11 is 0. The number of nitrogens with one attached hydrogen (secondary N) is 1. The quantitative estimate of drug-likeness (QED) is 0.654. The molecule has 4 rings (SSSR count). The normalized spacial score (nSPS) is 23.3. The molecule has 144 valence electrons. The number of hydrogen-bond donors (Lipinski definition) is 1. The molecule has 1 saturated carbocycles. The molecule has 1 aromatic heterocycles. The van der Waals surface area contributed by atoms with Crippen LogP contribution in [0.15, 0.2) is 35.5 Å². The Hall–Kier alpha value is -2.30. The molecule has 2 aliphatic carbocycles. The number of guanidine groups is 1. The summed E-state index contributed by atoms with van der Waals surface area (Å²) in [5, 5.41) is 8.24. The van der Waals surface area contributed by atoms with Crippen molar-refractivity contribution in [3.63, 3.8) is 0 Å². The predicted molar refractivity (Wildman–Crippen MR) is 110 cm³/mol. The molecule has 5 nitrogen and oxygen atoms in total. The van der Waals surface area contributed by atoms with Crippen LogP contribution >= 0.6 is 0 Å². The van der Waals surface area contributed by atoms with E-state index in [1.165, 1.54) is 17.7 Å². The number of benzene rings is 1. The summed E-state index contributed by atoms with van der Waals surface area (Å²) in [6.45, 7) is 6.22. The largest absolute Gasteiger partial charge is 0.356 e. The molecule has 1 heterocycles. The predicted octanol–water partition coefficient (Wildman–Crippen LogP) is 3.14. The first kappa shape index (κ1) is 18.1. The summed E-state index contributed by atoms with van der Waals surface area (Å²) in [5.41, 5.74) is 5.58. The summed E-state index contributed by atoms with van der Waals surface area (Å²) in [5.74, 6) is 3.71. The van der Waals surface area contributed by atoms with Gasteiger partial charge < -0.3 is 10.2 Å². The van der Waals surface area contributed by atoms with Gasteiger partial charge in [0.25, 0.3) is 0 Å². The molecular weight excluding hydrogens is 334 g/mol. The van der Waals surface area contributed by atoms with E-state index in [2.05, 4.69) is 71.7 Å². The van der Waals surface area contributed by atoms with Crippen molar-refractivity contribution in [1.29, 1.82) is 0 Å². The van der Waals surface area contributed by atoms with Crippen LogP contribution in [0.25, 0.3) is 0 Å². The third-order valence-electron chi connectivity index (χ3n) is 6.16. The third kappa shape index (κ3) is 3.35. The molecule has 3 unspecified atom stereocenters. The van der Waals surface area contributed by atoms with Crippen molar-refractivity contribution in [2.24, 2.45) is 23.9 Å². The van der Waals surface area contributed by atoms with Crippen molar-refractivity contribution in [3.8, 4) is 0 Å². The summed E-state index contributed by atoms with van der Waals surface area (Å²) in [7, 11) is 5.97. The number of aliphatic imine (C=N–C) groups is 1. The fraction of sp³-hybridized carbons (Fsp3) is 0.545. The Morgan fingerprint density at radius 1 is 1.37 bits per heavy atom. The molecule has 5 heteroatoms. The summed E-state index contributed by atoms with van der Waals surface area (Å²) in [6.07, 6.45) is 3.37. The third-order valence-corrected chi connectivity index (χ3v) is 6.16. The van der Waals surface area contributed by atoms with Gasteiger partial charge in [-0.2, -0.15) is 5.10 Å². The standard InChI is InChI=1S/C22H31N5/c1-14(2)21-16(13-27(5)25-21)12-26(4)22(23-3)24-11-19-18-10-15-8-6-7-9-17(15)20(18)19/h6-9,13-14,18-20H,10-12H2,1-5H3,(H,23,24). The van der Waals surface area contributed by atoms with Gasteiger partial charge in [0.15, 0.2) is 5.96 Å². The Bertz CT molecular complexity index is 850. The van der Waals surface area contributed by atoms with E-state index in [-0.39, 0.29) is 0 Å². The van der Waals surface area contributed by atoms with Gasteiger partial charge in [-0.25, -0.2) is 0 Å². The molecule has 0 spiro atoms. The van der Waals surface area contributed by atoms with E-state index < -0.39 is 0 Å². The molecule has 1 aromatic carbocycles. The van der Waals surface area contributed by atoms with Gasteiger partial charge >= 0.3 is 0 Å². The highest BCUT2D eigenvalue weighted by molar-refractivity contribution is 5.79. The van der Waals surface area contributed by atoms with Crippen LogP contribution in [0, 0.1) is 11.8 Å². The van der Waals surface area contributed by atoms with Crippen molar-refractivity contribution in [2.45, 2.75) is 38.6 Å². The number of nitrogens with zero attached hydrogens (tertiary/aromatic N) is 4. The lowest BCUT2D eigenvalue weighted by Crippen LogP contribution is -2.39. The van der Waals surface area contributed by atoms with E-state index in [0.717, 1.165) is 36.8 Å². The first-order chi connectivity index (χ1) is 13.0. The second-order valence-corrected chi connectivity index (χ2v) is 8.41. The van der Waals surface area contributed by atoms with Crippen LogP contribution in [0.4, 0.5) is 0 Å². The second-order valence-electron chi connectivity index (χ2n) is 8.41. The maximum absolute atomic E-state index is 4.62. The Balaban J connectivity index is 1.36. The average molecular weight is 366 g/mol. The van der Waals surface area contributed by atoms with Gasteiger partial charge in [0, 0.05) is 46.0 Å². The molecule has 0 amide bonds. The number of rotatable bonds is 5. The van der Waals surface area contributed by atoms with Gasteiger partial charge in [0.05, 0.1) is 5.69 Å². The van der Waals surface area contributed by atoms with Gasteiger partial charge in [-0.3, -0.25) is 9.67 Å². The zero-order valence-corrected chi connectivity index (χ0v) is 17.1. The average Bonchev–Trinajstić information content (AvgIpc) is 2.98. The van der Waals surface area contributed by atoms with Crippen LogP contribution in [-0.2, 0) is 20.0 Å². The molecule has 3 atom stereocenters. The number of hydrogen-bond acceptors (Lipinski definition) is 2. The molecule has 2 aliphatic rings. The molecule has 2 aromatic rings. The van der Waals surface area contributed by atoms with E-state index >= 15 is 0 Å². The highest BCUT2D eigenvalue weighted by Crippen LogP contribution is 2.60. The van der Waals surface area contributed by atoms with Crippen molar-refractivity contribution < 1.29 is 0 Å². The summed E-state index contributed by atoms with van der Waals surface area (Å²) in [6, 6.07) is 8.95. The maximum Gasteiger partial charge on any atom is 0.193 e. The van der Waals surface area contributed by atoms with E-state index in [4.69, 9.17) is 0 Å². The molecule has 1 N–H and O–H groups in total. The molecule has 0 saturated heterocycles. The SMILES string of the molecule is CN=C(NCC1C2Cc3ccccc3C12)N(C)Cc1cn(C)nc1C(C)C. The van der Waals surface area contributed by atoms with Crippen LogP contribution in [0.3, 0.4) is 0 Å². The fourth-order valence-corrected chi connectivity index (χ4v) is 4.85. The number of fused-ring (bicyclic) bond motifs is 3. The van der Waals surface area contributed by atoms with E-state index in [1.54, 1.807) is 11.1 Å². The number of aromatic nitrogens is 2. The van der Waals surface area contributed by atoms with Gasteiger partial charge in [-0.15, -0.1) is 0 Å². The summed E-state index contributed by atoms with van der Waals surface area (Å²) in [4.78, 5) is 6.71. The lowest BCUT2D eigenvalue weighted by molar-refractivity contribution is 0.469. The molecule has 0 aliphatic heterocycles. The van der Waals surface area contributed by atoms with Crippen molar-refractivity contribution >= 4 is 5.96 Å². The second kappa shape index (κ2) is 7.02. The highest BCUT2D eigenvalue weighted by atomic mass is 15.3. The summed E-state index contributed by atoms with van der Waals surface area (Å²) < 4.78 is 1.91. The van der Waals surface area contributed by atoms with Crippen molar-refractivity contribution in [3.05, 3.63) is 52.8 Å². The van der Waals surface area contributed by atoms with Crippen LogP contribution < -0.4 is 5.32 Å². The van der Waals surface area contributed by atoms with Gasteiger partial charge in [0.1, 0.15) is 0 Å². The topological polar surface area (TPSA) is 45.5 Å². The monoisotopic (exact) mass is 365 g/mol. The first-order valence-electron chi connectivity index (χ1n) is 10.0. The highest BCUT2D eigenvalue weighted by Gasteiger charge is 2.54. The molecule has 0 radical (unpaired) electrons. The molecule has 0 bridgehead atoms. The minimum atomic E-state index is 0.426. The Labute approximate surface area is 162 Å². The van der Waals surface area contributed by atoms with Crippen molar-refractivity contribution in [1.82, 2.24) is 20.0 Å². The minimum Gasteiger partial charge on any atom is -0.356 e. The van der Waals surface area contributed by atoms with Crippen LogP contribution in [0.2, 0.25) is 0 Å². The molecular formula is C22H31N5. The van der Waals surface area contributed by atoms with Gasteiger partial charge in [-0.05, 0) is 41.2 Å². The number of aryl methyl sites for hydroxylation is 1. The molecule has 1 fully saturated rings. The van der Waals surface area contributed by atoms with E-state index in [1.807, 2.05) is 18.8 Å². The van der Waals surface area contributed by atoms with Gasteiger partial charge in [-0.1, -0.05) is 38.1 Å². The zero-order chi connectivity index (χ0) is 19.1. The minimum absolute atomic E-state index is 0.426. The Kier molecular flexibility index (Phi) is 4.70. The fourth-order valence-electron chi connectivity index (χ4n) is 4.85. The Morgan fingerprint density at radius 3 is 2.89 bits per heavy atom. The van der Waals surface area contributed by atoms with E-state index in [0.29, 0.717) is 5.92 Å². The maximum atomic E-state index is 4.62. The van der Waals surface area contributed by atoms with Crippen LogP contribution in [-0.4, -0.2) is 41.3 Å². The van der Waals surface area contributed by atoms with Crippen molar-refractivity contribution in [2.75, 3.05) is 20.6 Å². The van der Waals surface area contributed by atoms with Crippen LogP contribution in [0.5, 0.6) is 0 Å². The zero-order valence-electron chi connectivity index (χ0n) is 17.1. The molecule has 27 heavy (non-hydrogen) atoms. The smallest absolute Gasteiger partial charge is 0.193 e. The lowest BCUT2D eigenvalue weighted by atomic mass is 10.0. The van der Waals surface area contributed by atoms with Gasteiger partial charge in [0.2, 0.25) is 0 Å². The van der Waals surface area contributed by atoms with E-state index in [9.17, 15) is 0 Å². The first-order valence-corrected chi connectivity index (χ1v) is 10.0. The Morgan fingerprint density at radius 2 is 2.15 bits per heavy atom.